The molecule has 1 unspecified atom stereocenters. The zero-order chi connectivity index (χ0) is 7.11. The Labute approximate surface area is 65.8 Å². The van der Waals surface area contributed by atoms with Crippen molar-refractivity contribution in [2.75, 3.05) is 0 Å². The van der Waals surface area contributed by atoms with E-state index in [2.05, 4.69) is 41.6 Å². The van der Waals surface area contributed by atoms with Gasteiger partial charge in [0.25, 0.3) is 0 Å². The second-order valence-electron chi connectivity index (χ2n) is 1.87. The Balaban J connectivity index is 3.25. The van der Waals surface area contributed by atoms with Crippen LogP contribution in [0, 0.1) is 0 Å². The van der Waals surface area contributed by atoms with Gasteiger partial charge in [-0.25, -0.2) is 0 Å². The van der Waals surface area contributed by atoms with Crippen molar-refractivity contribution in [2.24, 2.45) is 0 Å². The van der Waals surface area contributed by atoms with Crippen LogP contribution in [0.25, 0.3) is 0 Å². The minimum absolute atomic E-state index is 0.445. The molecule has 9 heavy (non-hydrogen) atoms. The Hall–Kier alpha value is -0.0400. The Morgan fingerprint density at radius 1 is 1.56 bits per heavy atom. The zero-order valence-corrected chi connectivity index (χ0v) is 7.39. The fraction of sp³-hybridized carbons (Fsp3) is 0.500. The third-order valence-corrected chi connectivity index (χ3v) is 1.77. The van der Waals surface area contributed by atoms with Crippen LogP contribution >= 0.6 is 15.9 Å². The van der Waals surface area contributed by atoms with E-state index in [1.165, 1.54) is 0 Å². The molecule has 0 aromatic carbocycles. The van der Waals surface area contributed by atoms with Gasteiger partial charge in [-0.05, 0) is 12.8 Å². The number of halogens is 1. The van der Waals surface area contributed by atoms with Crippen LogP contribution < -0.4 is 0 Å². The van der Waals surface area contributed by atoms with Gasteiger partial charge < -0.3 is 0 Å². The summed E-state index contributed by atoms with van der Waals surface area (Å²) in [5.74, 6) is 0. The van der Waals surface area contributed by atoms with E-state index in [9.17, 15) is 0 Å². The van der Waals surface area contributed by atoms with Crippen LogP contribution in [0.5, 0.6) is 0 Å². The van der Waals surface area contributed by atoms with Crippen molar-refractivity contribution in [3.63, 3.8) is 0 Å². The first-order valence-corrected chi connectivity index (χ1v) is 4.14. The highest BCUT2D eigenvalue weighted by Crippen LogP contribution is 2.06. The summed E-state index contributed by atoms with van der Waals surface area (Å²) in [7, 11) is 0. The lowest BCUT2D eigenvalue weighted by atomic mass is 10.3. The first kappa shape index (κ1) is 8.96. The van der Waals surface area contributed by atoms with Gasteiger partial charge in [0.15, 0.2) is 0 Å². The molecule has 0 saturated heterocycles. The van der Waals surface area contributed by atoms with E-state index in [1.807, 2.05) is 6.08 Å². The summed E-state index contributed by atoms with van der Waals surface area (Å²) < 4.78 is 0. The van der Waals surface area contributed by atoms with Crippen LogP contribution in [-0.2, 0) is 0 Å². The fourth-order valence-corrected chi connectivity index (χ4v) is 0.705. The highest BCUT2D eigenvalue weighted by Gasteiger charge is 1.90. The van der Waals surface area contributed by atoms with Crippen LogP contribution in [0.2, 0.25) is 0 Å². The molecule has 0 N–H and O–H groups in total. The van der Waals surface area contributed by atoms with Crippen LogP contribution in [0.4, 0.5) is 0 Å². The molecule has 0 rings (SSSR count). The molecule has 0 fully saturated rings. The van der Waals surface area contributed by atoms with E-state index in [0.717, 1.165) is 12.8 Å². The molecular weight excluding hydrogens is 176 g/mol. The van der Waals surface area contributed by atoms with Crippen molar-refractivity contribution >= 4 is 15.9 Å². The van der Waals surface area contributed by atoms with E-state index >= 15 is 0 Å². The summed E-state index contributed by atoms with van der Waals surface area (Å²) in [6.45, 7) is 5.79. The molecule has 0 aliphatic rings. The van der Waals surface area contributed by atoms with Crippen molar-refractivity contribution in [3.8, 4) is 0 Å². The molecule has 0 nitrogen and oxygen atoms in total. The zero-order valence-electron chi connectivity index (χ0n) is 5.81. The summed E-state index contributed by atoms with van der Waals surface area (Å²) >= 11 is 3.44. The molecule has 0 amide bonds. The largest absolute Gasteiger partial charge is 0.102 e. The summed E-state index contributed by atoms with van der Waals surface area (Å²) in [5, 5.41) is 0. The predicted molar refractivity (Wildman–Crippen MR) is 47.0 cm³/mol. The topological polar surface area (TPSA) is 0 Å². The van der Waals surface area contributed by atoms with E-state index in [4.69, 9.17) is 0 Å². The normalized spacial score (nSPS) is 14.0. The van der Waals surface area contributed by atoms with Gasteiger partial charge in [-0.15, -0.1) is 6.58 Å². The second kappa shape index (κ2) is 6.09. The molecule has 1 atom stereocenters. The van der Waals surface area contributed by atoms with Gasteiger partial charge in [0.1, 0.15) is 0 Å². The van der Waals surface area contributed by atoms with E-state index in [-0.39, 0.29) is 0 Å². The van der Waals surface area contributed by atoms with Crippen molar-refractivity contribution in [3.05, 3.63) is 24.8 Å². The Morgan fingerprint density at radius 3 is 2.67 bits per heavy atom. The standard InChI is InChI=1S/C8H13Br/c1-3-5-6-7-8(9)4-2/h4-6,8H,2-3,7H2,1H3/b6-5-. The highest BCUT2D eigenvalue weighted by atomic mass is 79.9. The van der Waals surface area contributed by atoms with Gasteiger partial charge >= 0.3 is 0 Å². The van der Waals surface area contributed by atoms with Gasteiger partial charge in [-0.3, -0.25) is 0 Å². The van der Waals surface area contributed by atoms with Crippen LogP contribution in [0.1, 0.15) is 19.8 Å². The lowest BCUT2D eigenvalue weighted by molar-refractivity contribution is 1.07. The first-order chi connectivity index (χ1) is 4.31. The van der Waals surface area contributed by atoms with E-state index in [0.29, 0.717) is 4.83 Å². The Morgan fingerprint density at radius 2 is 2.22 bits per heavy atom. The van der Waals surface area contributed by atoms with Crippen LogP contribution in [0.15, 0.2) is 24.8 Å². The van der Waals surface area contributed by atoms with Gasteiger partial charge in [0.05, 0.1) is 0 Å². The lowest BCUT2D eigenvalue weighted by Crippen LogP contribution is -1.86. The van der Waals surface area contributed by atoms with Crippen molar-refractivity contribution in [1.29, 1.82) is 0 Å². The van der Waals surface area contributed by atoms with Gasteiger partial charge in [0.2, 0.25) is 0 Å². The number of hydrogen-bond donors (Lipinski definition) is 0. The van der Waals surface area contributed by atoms with E-state index in [1.54, 1.807) is 0 Å². The maximum Gasteiger partial charge on any atom is 0.0357 e. The average molecular weight is 189 g/mol. The average Bonchev–Trinajstić information content (AvgIpc) is 1.89. The molecule has 0 aromatic rings. The molecular formula is C8H13Br. The molecule has 0 aliphatic heterocycles. The number of rotatable bonds is 4. The molecule has 0 aromatic heterocycles. The molecule has 0 aliphatic carbocycles. The third-order valence-electron chi connectivity index (χ3n) is 1.02. The van der Waals surface area contributed by atoms with Gasteiger partial charge in [-0.1, -0.05) is 41.1 Å². The molecule has 0 heterocycles. The minimum Gasteiger partial charge on any atom is -0.102 e. The maximum absolute atomic E-state index is 3.66. The van der Waals surface area contributed by atoms with Gasteiger partial charge in [-0.2, -0.15) is 0 Å². The predicted octanol–water partition coefficient (Wildman–Crippen LogP) is 3.29. The summed E-state index contributed by atoms with van der Waals surface area (Å²) in [5.41, 5.74) is 0. The van der Waals surface area contributed by atoms with Gasteiger partial charge in [0, 0.05) is 4.83 Å². The number of alkyl halides is 1. The van der Waals surface area contributed by atoms with Crippen LogP contribution in [-0.4, -0.2) is 4.83 Å². The molecule has 52 valence electrons. The second-order valence-corrected chi connectivity index (χ2v) is 3.04. The smallest absolute Gasteiger partial charge is 0.0357 e. The Bertz CT molecular complexity index is 94.7. The quantitative estimate of drug-likeness (QED) is 0.470. The number of hydrogen-bond acceptors (Lipinski definition) is 0. The molecule has 0 spiro atoms. The SMILES string of the molecule is C=CC(Br)C/C=C\CC. The number of allylic oxidation sites excluding steroid dienone is 3. The molecule has 0 radical (unpaired) electrons. The minimum atomic E-state index is 0.445. The lowest BCUT2D eigenvalue weighted by Gasteiger charge is -1.95. The first-order valence-electron chi connectivity index (χ1n) is 3.22. The molecule has 0 saturated carbocycles. The Kier molecular flexibility index (Phi) is 6.06. The van der Waals surface area contributed by atoms with Crippen molar-refractivity contribution in [2.45, 2.75) is 24.6 Å². The molecule has 0 bridgehead atoms. The monoisotopic (exact) mass is 188 g/mol. The van der Waals surface area contributed by atoms with Crippen molar-refractivity contribution < 1.29 is 0 Å². The summed E-state index contributed by atoms with van der Waals surface area (Å²) in [6.07, 6.45) is 8.41. The van der Waals surface area contributed by atoms with Crippen molar-refractivity contribution in [1.82, 2.24) is 0 Å². The molecule has 1 heteroatoms. The summed E-state index contributed by atoms with van der Waals surface area (Å²) in [4.78, 5) is 0.445. The fourth-order valence-electron chi connectivity index (χ4n) is 0.489. The third kappa shape index (κ3) is 5.84. The highest BCUT2D eigenvalue weighted by molar-refractivity contribution is 9.09. The van der Waals surface area contributed by atoms with Crippen LogP contribution in [0.3, 0.4) is 0 Å². The maximum atomic E-state index is 3.66. The van der Waals surface area contributed by atoms with E-state index < -0.39 is 0 Å². The summed E-state index contributed by atoms with van der Waals surface area (Å²) in [6, 6.07) is 0.